The molecule has 0 fully saturated rings. The number of para-hydroxylation sites is 1. The topological polar surface area (TPSA) is 66.1 Å². The first kappa shape index (κ1) is 21.2. The highest BCUT2D eigenvalue weighted by atomic mass is 16.2. The van der Waals surface area contributed by atoms with Gasteiger partial charge in [-0.3, -0.25) is 9.59 Å². The van der Waals surface area contributed by atoms with Crippen LogP contribution in [0.4, 0.5) is 0 Å². The van der Waals surface area contributed by atoms with Crippen LogP contribution in [0.15, 0.2) is 89.7 Å². The first-order valence-electron chi connectivity index (χ1n) is 10.7. The van der Waals surface area contributed by atoms with Gasteiger partial charge in [0.05, 0.1) is 17.4 Å². The molecule has 0 spiro atoms. The van der Waals surface area contributed by atoms with Crippen LogP contribution in [-0.2, 0) is 24.3 Å². The van der Waals surface area contributed by atoms with E-state index in [1.165, 1.54) is 5.56 Å². The molecule has 32 heavy (non-hydrogen) atoms. The summed E-state index contributed by atoms with van der Waals surface area (Å²) in [5, 5.41) is 0.535. The van der Waals surface area contributed by atoms with Crippen LogP contribution in [-0.4, -0.2) is 20.8 Å². The van der Waals surface area contributed by atoms with Crippen LogP contribution >= 0.6 is 0 Å². The zero-order valence-corrected chi connectivity index (χ0v) is 18.0. The normalized spacial score (nSPS) is 11.2. The second-order valence-electron chi connectivity index (χ2n) is 7.64. The van der Waals surface area contributed by atoms with E-state index in [2.05, 4.69) is 29.0 Å². The number of amides is 1. The highest BCUT2D eigenvalue weighted by molar-refractivity contribution is 5.91. The standard InChI is InChI=1S/C27H25N3O2/c1-2-20-12-14-21(15-13-20)16-17-26(31)30(18-22-8-4-3-5-9-22)19-25-28-24-11-7-6-10-23(24)27(32)29-25/h3-17H,2,18-19H2,1H3,(H,28,29,32)/b17-16+. The van der Waals surface area contributed by atoms with Crippen LogP contribution in [0.25, 0.3) is 17.0 Å². The number of rotatable bonds is 7. The number of hydrogen-bond donors (Lipinski definition) is 1. The minimum Gasteiger partial charge on any atom is -0.327 e. The minimum atomic E-state index is -0.204. The Balaban J connectivity index is 1.60. The van der Waals surface area contributed by atoms with Crippen molar-refractivity contribution in [2.24, 2.45) is 0 Å². The molecule has 1 heterocycles. The summed E-state index contributed by atoms with van der Waals surface area (Å²) in [5.74, 6) is 0.308. The third-order valence-corrected chi connectivity index (χ3v) is 5.34. The number of nitrogens with zero attached hydrogens (tertiary/aromatic N) is 2. The quantitative estimate of drug-likeness (QED) is 0.437. The number of hydrogen-bond acceptors (Lipinski definition) is 3. The summed E-state index contributed by atoms with van der Waals surface area (Å²) < 4.78 is 0. The fraction of sp³-hybridized carbons (Fsp3) is 0.148. The molecule has 0 aliphatic carbocycles. The number of carbonyl (C=O) groups is 1. The molecule has 4 rings (SSSR count). The van der Waals surface area contributed by atoms with E-state index in [1.807, 2.05) is 60.7 Å². The Bertz CT molecular complexity index is 1290. The van der Waals surface area contributed by atoms with E-state index in [1.54, 1.807) is 23.1 Å². The van der Waals surface area contributed by atoms with Crippen LogP contribution in [0.3, 0.4) is 0 Å². The average molecular weight is 424 g/mol. The largest absolute Gasteiger partial charge is 0.327 e. The fourth-order valence-corrected chi connectivity index (χ4v) is 3.54. The van der Waals surface area contributed by atoms with E-state index < -0.39 is 0 Å². The summed E-state index contributed by atoms with van der Waals surface area (Å²) in [6.45, 7) is 2.73. The van der Waals surface area contributed by atoms with Crippen molar-refractivity contribution in [2.45, 2.75) is 26.4 Å². The van der Waals surface area contributed by atoms with Crippen LogP contribution in [0.5, 0.6) is 0 Å². The zero-order valence-electron chi connectivity index (χ0n) is 18.0. The summed E-state index contributed by atoms with van der Waals surface area (Å²) in [5.41, 5.74) is 3.64. The lowest BCUT2D eigenvalue weighted by atomic mass is 10.1. The number of nitrogens with one attached hydrogen (secondary N) is 1. The van der Waals surface area contributed by atoms with E-state index in [0.717, 1.165) is 17.5 Å². The highest BCUT2D eigenvalue weighted by Gasteiger charge is 2.14. The van der Waals surface area contributed by atoms with Gasteiger partial charge in [0, 0.05) is 12.6 Å². The molecule has 5 nitrogen and oxygen atoms in total. The molecule has 0 unspecified atom stereocenters. The first-order chi connectivity index (χ1) is 15.6. The molecule has 5 heteroatoms. The molecular weight excluding hydrogens is 398 g/mol. The SMILES string of the molecule is CCc1ccc(/C=C/C(=O)N(Cc2ccccc2)Cc2nc3ccccc3c(=O)[nH]2)cc1. The van der Waals surface area contributed by atoms with Crippen molar-refractivity contribution in [2.75, 3.05) is 0 Å². The van der Waals surface area contributed by atoms with Crippen molar-refractivity contribution < 1.29 is 4.79 Å². The molecular formula is C27H25N3O2. The van der Waals surface area contributed by atoms with Crippen molar-refractivity contribution in [1.82, 2.24) is 14.9 Å². The molecule has 3 aromatic carbocycles. The predicted octanol–water partition coefficient (Wildman–Crippen LogP) is 4.73. The number of H-pyrrole nitrogens is 1. The molecule has 0 bridgehead atoms. The van der Waals surface area contributed by atoms with Gasteiger partial charge in [-0.25, -0.2) is 4.98 Å². The zero-order chi connectivity index (χ0) is 22.3. The third-order valence-electron chi connectivity index (χ3n) is 5.34. The number of aromatic nitrogens is 2. The van der Waals surface area contributed by atoms with Crippen molar-refractivity contribution in [1.29, 1.82) is 0 Å². The summed E-state index contributed by atoms with van der Waals surface area (Å²) in [4.78, 5) is 34.6. The monoisotopic (exact) mass is 423 g/mol. The van der Waals surface area contributed by atoms with Crippen LogP contribution in [0.2, 0.25) is 0 Å². The summed E-state index contributed by atoms with van der Waals surface area (Å²) in [7, 11) is 0. The summed E-state index contributed by atoms with van der Waals surface area (Å²) in [6, 6.07) is 25.1. The summed E-state index contributed by atoms with van der Waals surface area (Å²) >= 11 is 0. The summed E-state index contributed by atoms with van der Waals surface area (Å²) in [6.07, 6.45) is 4.37. The van der Waals surface area contributed by atoms with Gasteiger partial charge < -0.3 is 9.88 Å². The minimum absolute atomic E-state index is 0.149. The Morgan fingerprint density at radius 1 is 0.906 bits per heavy atom. The lowest BCUT2D eigenvalue weighted by molar-refractivity contribution is -0.127. The number of carbonyl (C=O) groups excluding carboxylic acids is 1. The second kappa shape index (κ2) is 9.88. The van der Waals surface area contributed by atoms with Crippen LogP contribution < -0.4 is 5.56 Å². The van der Waals surface area contributed by atoms with Gasteiger partial charge in [0.2, 0.25) is 5.91 Å². The van der Waals surface area contributed by atoms with Crippen LogP contribution in [0.1, 0.15) is 29.4 Å². The van der Waals surface area contributed by atoms with Crippen molar-refractivity contribution >= 4 is 22.9 Å². The van der Waals surface area contributed by atoms with Gasteiger partial charge >= 0.3 is 0 Å². The van der Waals surface area contributed by atoms with E-state index in [4.69, 9.17) is 0 Å². The Hall–Kier alpha value is -3.99. The maximum absolute atomic E-state index is 13.1. The second-order valence-corrected chi connectivity index (χ2v) is 7.64. The fourth-order valence-electron chi connectivity index (χ4n) is 3.54. The smallest absolute Gasteiger partial charge is 0.258 e. The van der Waals surface area contributed by atoms with Crippen molar-refractivity contribution in [3.63, 3.8) is 0 Å². The Labute approximate surface area is 187 Å². The molecule has 1 aromatic heterocycles. The van der Waals surface area contributed by atoms with Gasteiger partial charge in [0.1, 0.15) is 5.82 Å². The molecule has 0 saturated heterocycles. The maximum atomic E-state index is 13.1. The molecule has 1 N–H and O–H groups in total. The van der Waals surface area contributed by atoms with Crippen molar-refractivity contribution in [3.8, 4) is 0 Å². The number of fused-ring (bicyclic) bond motifs is 1. The molecule has 1 amide bonds. The first-order valence-corrected chi connectivity index (χ1v) is 10.7. The van der Waals surface area contributed by atoms with Gasteiger partial charge in [-0.15, -0.1) is 0 Å². The van der Waals surface area contributed by atoms with Gasteiger partial charge in [-0.1, -0.05) is 73.7 Å². The third kappa shape index (κ3) is 5.19. The van der Waals surface area contributed by atoms with Crippen molar-refractivity contribution in [3.05, 3.63) is 118 Å². The Morgan fingerprint density at radius 2 is 1.62 bits per heavy atom. The molecule has 0 saturated carbocycles. The van der Waals surface area contributed by atoms with E-state index in [9.17, 15) is 9.59 Å². The van der Waals surface area contributed by atoms with Gasteiger partial charge in [-0.2, -0.15) is 0 Å². The lowest BCUT2D eigenvalue weighted by Gasteiger charge is -2.21. The predicted molar refractivity (Wildman–Crippen MR) is 128 cm³/mol. The van der Waals surface area contributed by atoms with Gasteiger partial charge in [-0.05, 0) is 41.3 Å². The highest BCUT2D eigenvalue weighted by Crippen LogP contribution is 2.12. The van der Waals surface area contributed by atoms with E-state index >= 15 is 0 Å². The molecule has 0 aliphatic heterocycles. The van der Waals surface area contributed by atoms with Crippen LogP contribution in [0, 0.1) is 0 Å². The Kier molecular flexibility index (Phi) is 6.56. The maximum Gasteiger partial charge on any atom is 0.258 e. The van der Waals surface area contributed by atoms with Gasteiger partial charge in [0.15, 0.2) is 0 Å². The molecule has 0 atom stereocenters. The van der Waals surface area contributed by atoms with E-state index in [0.29, 0.717) is 23.3 Å². The molecule has 160 valence electrons. The Morgan fingerprint density at radius 3 is 2.38 bits per heavy atom. The number of benzene rings is 3. The number of aryl methyl sites for hydroxylation is 1. The van der Waals surface area contributed by atoms with E-state index in [-0.39, 0.29) is 18.0 Å². The average Bonchev–Trinajstić information content (AvgIpc) is 2.83. The molecule has 0 aliphatic rings. The van der Waals surface area contributed by atoms with Gasteiger partial charge in [0.25, 0.3) is 5.56 Å². The molecule has 0 radical (unpaired) electrons. The molecule has 4 aromatic rings. The number of aromatic amines is 1. The lowest BCUT2D eigenvalue weighted by Crippen LogP contribution is -2.30.